The summed E-state index contributed by atoms with van der Waals surface area (Å²) in [5, 5.41) is 3.21. The van der Waals surface area contributed by atoms with Crippen LogP contribution in [0.2, 0.25) is 0 Å². The van der Waals surface area contributed by atoms with Gasteiger partial charge in [0.15, 0.2) is 5.78 Å². The number of allylic oxidation sites excluding steroid dienone is 2. The number of hydrogen-bond acceptors (Lipinski definition) is 2. The third-order valence-corrected chi connectivity index (χ3v) is 3.24. The van der Waals surface area contributed by atoms with Crippen LogP contribution < -0.4 is 5.32 Å². The number of hydrogen-bond donors (Lipinski definition) is 1. The van der Waals surface area contributed by atoms with Gasteiger partial charge in [0, 0.05) is 6.42 Å². The van der Waals surface area contributed by atoms with E-state index in [-0.39, 0.29) is 0 Å². The van der Waals surface area contributed by atoms with Crippen LogP contribution in [0.15, 0.2) is 11.6 Å². The monoisotopic (exact) mass is 193 g/mol. The topological polar surface area (TPSA) is 29.1 Å². The van der Waals surface area contributed by atoms with E-state index in [4.69, 9.17) is 0 Å². The quantitative estimate of drug-likeness (QED) is 0.743. The van der Waals surface area contributed by atoms with Crippen molar-refractivity contribution in [3.63, 3.8) is 0 Å². The Bertz CT molecular complexity index is 241. The molecule has 14 heavy (non-hydrogen) atoms. The first-order valence-electron chi connectivity index (χ1n) is 5.79. The van der Waals surface area contributed by atoms with Gasteiger partial charge in [-0.15, -0.1) is 0 Å². The largest absolute Gasteiger partial charge is 0.316 e. The van der Waals surface area contributed by atoms with Crippen LogP contribution in [0.3, 0.4) is 0 Å². The molecular formula is C12H19NO. The zero-order chi connectivity index (χ0) is 9.80. The zero-order valence-electron chi connectivity index (χ0n) is 8.72. The van der Waals surface area contributed by atoms with Crippen molar-refractivity contribution >= 4 is 5.78 Å². The Labute approximate surface area is 85.8 Å². The zero-order valence-corrected chi connectivity index (χ0v) is 8.72. The van der Waals surface area contributed by atoms with E-state index in [9.17, 15) is 4.79 Å². The van der Waals surface area contributed by atoms with Crippen molar-refractivity contribution in [3.8, 4) is 0 Å². The molecular weight excluding hydrogens is 174 g/mol. The lowest BCUT2D eigenvalue weighted by Crippen LogP contribution is -2.43. The Morgan fingerprint density at radius 1 is 1.36 bits per heavy atom. The van der Waals surface area contributed by atoms with Crippen LogP contribution in [0.5, 0.6) is 0 Å². The SMILES string of the molecule is O=C(CC1CNC1)C1=CCCCCC1. The third-order valence-electron chi connectivity index (χ3n) is 3.24. The van der Waals surface area contributed by atoms with Crippen molar-refractivity contribution in [2.45, 2.75) is 38.5 Å². The van der Waals surface area contributed by atoms with Gasteiger partial charge in [0.1, 0.15) is 0 Å². The molecule has 1 fully saturated rings. The molecule has 0 saturated carbocycles. The number of carbonyl (C=O) groups is 1. The lowest BCUT2D eigenvalue weighted by Gasteiger charge is -2.26. The molecule has 2 heteroatoms. The van der Waals surface area contributed by atoms with E-state index in [1.807, 2.05) is 0 Å². The molecule has 1 saturated heterocycles. The molecule has 0 amide bonds. The maximum atomic E-state index is 11.9. The molecule has 0 aromatic rings. The molecule has 1 N–H and O–H groups in total. The van der Waals surface area contributed by atoms with Crippen LogP contribution in [0, 0.1) is 5.92 Å². The molecule has 0 bridgehead atoms. The number of rotatable bonds is 3. The molecule has 78 valence electrons. The highest BCUT2D eigenvalue weighted by Gasteiger charge is 2.22. The lowest BCUT2D eigenvalue weighted by atomic mass is 9.92. The smallest absolute Gasteiger partial charge is 0.158 e. The van der Waals surface area contributed by atoms with Gasteiger partial charge in [-0.3, -0.25) is 4.79 Å². The predicted molar refractivity (Wildman–Crippen MR) is 57.2 cm³/mol. The number of Topliss-reactive ketones (excluding diaryl/α,β-unsaturated/α-hetero) is 1. The van der Waals surface area contributed by atoms with Crippen molar-refractivity contribution in [1.82, 2.24) is 5.32 Å². The minimum absolute atomic E-state index is 0.415. The molecule has 0 radical (unpaired) electrons. The summed E-state index contributed by atoms with van der Waals surface area (Å²) in [6.07, 6.45) is 8.86. The average molecular weight is 193 g/mol. The van der Waals surface area contributed by atoms with Crippen LogP contribution in [0.25, 0.3) is 0 Å². The van der Waals surface area contributed by atoms with Crippen LogP contribution in [-0.4, -0.2) is 18.9 Å². The highest BCUT2D eigenvalue weighted by Crippen LogP contribution is 2.21. The summed E-state index contributed by atoms with van der Waals surface area (Å²) in [5.74, 6) is 1.03. The first kappa shape index (κ1) is 9.91. The molecule has 0 atom stereocenters. The van der Waals surface area contributed by atoms with Crippen LogP contribution >= 0.6 is 0 Å². The molecule has 0 aromatic carbocycles. The van der Waals surface area contributed by atoms with Gasteiger partial charge in [0.25, 0.3) is 0 Å². The highest BCUT2D eigenvalue weighted by molar-refractivity contribution is 5.95. The van der Waals surface area contributed by atoms with Crippen LogP contribution in [-0.2, 0) is 4.79 Å². The first-order chi connectivity index (χ1) is 6.86. The fourth-order valence-corrected chi connectivity index (χ4v) is 2.15. The third kappa shape index (κ3) is 2.44. The Morgan fingerprint density at radius 2 is 2.21 bits per heavy atom. The molecule has 1 aliphatic heterocycles. The van der Waals surface area contributed by atoms with Crippen molar-refractivity contribution in [3.05, 3.63) is 11.6 Å². The highest BCUT2D eigenvalue weighted by atomic mass is 16.1. The fourth-order valence-electron chi connectivity index (χ4n) is 2.15. The van der Waals surface area contributed by atoms with Gasteiger partial charge >= 0.3 is 0 Å². The molecule has 0 unspecified atom stereocenters. The molecule has 2 nitrogen and oxygen atoms in total. The molecule has 1 heterocycles. The Hall–Kier alpha value is -0.630. The lowest BCUT2D eigenvalue weighted by molar-refractivity contribution is -0.116. The molecule has 0 aromatic heterocycles. The number of carbonyl (C=O) groups excluding carboxylic acids is 1. The van der Waals surface area contributed by atoms with E-state index in [1.54, 1.807) is 0 Å². The fraction of sp³-hybridized carbons (Fsp3) is 0.750. The Morgan fingerprint density at radius 3 is 2.93 bits per heavy atom. The van der Waals surface area contributed by atoms with Crippen LogP contribution in [0.4, 0.5) is 0 Å². The second-order valence-corrected chi connectivity index (χ2v) is 4.48. The van der Waals surface area contributed by atoms with E-state index in [1.165, 1.54) is 19.3 Å². The predicted octanol–water partition coefficient (Wildman–Crippen LogP) is 2.06. The second kappa shape index (κ2) is 4.74. The van der Waals surface area contributed by atoms with Crippen molar-refractivity contribution < 1.29 is 4.79 Å². The molecule has 0 spiro atoms. The first-order valence-corrected chi connectivity index (χ1v) is 5.79. The Balaban J connectivity index is 1.85. The van der Waals surface area contributed by atoms with E-state index >= 15 is 0 Å². The minimum Gasteiger partial charge on any atom is -0.316 e. The van der Waals surface area contributed by atoms with E-state index < -0.39 is 0 Å². The van der Waals surface area contributed by atoms with E-state index in [0.29, 0.717) is 11.7 Å². The standard InChI is InChI=1S/C12H19NO/c14-12(7-10-8-13-9-10)11-5-3-1-2-4-6-11/h5,10,13H,1-4,6-9H2. The molecule has 2 aliphatic rings. The maximum Gasteiger partial charge on any atom is 0.158 e. The van der Waals surface area contributed by atoms with Gasteiger partial charge in [0.05, 0.1) is 0 Å². The van der Waals surface area contributed by atoms with Gasteiger partial charge < -0.3 is 5.32 Å². The summed E-state index contributed by atoms with van der Waals surface area (Å²) in [4.78, 5) is 11.9. The summed E-state index contributed by atoms with van der Waals surface area (Å²) in [6.45, 7) is 2.08. The molecule has 1 aliphatic carbocycles. The van der Waals surface area contributed by atoms with Crippen molar-refractivity contribution in [1.29, 1.82) is 0 Å². The summed E-state index contributed by atoms with van der Waals surface area (Å²) in [6, 6.07) is 0. The normalized spacial score (nSPS) is 23.6. The van der Waals surface area contributed by atoms with E-state index in [0.717, 1.165) is 37.9 Å². The van der Waals surface area contributed by atoms with Gasteiger partial charge in [0.2, 0.25) is 0 Å². The van der Waals surface area contributed by atoms with Crippen molar-refractivity contribution in [2.24, 2.45) is 5.92 Å². The van der Waals surface area contributed by atoms with E-state index in [2.05, 4.69) is 11.4 Å². The van der Waals surface area contributed by atoms with Gasteiger partial charge in [-0.1, -0.05) is 12.5 Å². The minimum atomic E-state index is 0.415. The average Bonchev–Trinajstić information content (AvgIpc) is 2.38. The number of ketones is 1. The second-order valence-electron chi connectivity index (χ2n) is 4.48. The summed E-state index contributed by atoms with van der Waals surface area (Å²) >= 11 is 0. The van der Waals surface area contributed by atoms with Gasteiger partial charge in [-0.25, -0.2) is 0 Å². The Kier molecular flexibility index (Phi) is 3.35. The maximum absolute atomic E-state index is 11.9. The number of nitrogens with one attached hydrogen (secondary N) is 1. The summed E-state index contributed by atoms with van der Waals surface area (Å²) < 4.78 is 0. The summed E-state index contributed by atoms with van der Waals surface area (Å²) in [7, 11) is 0. The van der Waals surface area contributed by atoms with Gasteiger partial charge in [-0.2, -0.15) is 0 Å². The molecule has 2 rings (SSSR count). The van der Waals surface area contributed by atoms with Crippen LogP contribution in [0.1, 0.15) is 38.5 Å². The van der Waals surface area contributed by atoms with Crippen molar-refractivity contribution in [2.75, 3.05) is 13.1 Å². The van der Waals surface area contributed by atoms with Gasteiger partial charge in [-0.05, 0) is 50.3 Å². The summed E-state index contributed by atoms with van der Waals surface area (Å²) in [5.41, 5.74) is 1.12.